The molecule has 0 heterocycles. The van der Waals surface area contributed by atoms with E-state index >= 15 is 0 Å². The fraction of sp³-hybridized carbons (Fsp3) is 0.400. The molecule has 0 N–H and O–H groups in total. The van der Waals surface area contributed by atoms with Crippen molar-refractivity contribution in [1.82, 2.24) is 0 Å². The average Bonchev–Trinajstić information content (AvgIpc) is 2.34. The minimum Gasteiger partial charge on any atom is -0.289 e. The van der Waals surface area contributed by atoms with Crippen LogP contribution in [0.15, 0.2) is 42.5 Å². The van der Waals surface area contributed by atoms with Crippen LogP contribution in [0.2, 0.25) is 0 Å². The third-order valence-corrected chi connectivity index (χ3v) is 2.55. The van der Waals surface area contributed by atoms with Gasteiger partial charge in [-0.25, -0.2) is 0 Å². The highest BCUT2D eigenvalue weighted by atomic mass is 16.1. The van der Waals surface area contributed by atoms with E-state index in [-0.39, 0.29) is 5.78 Å². The maximum atomic E-state index is 11.6. The second-order valence-corrected chi connectivity index (χ2v) is 3.98. The van der Waals surface area contributed by atoms with Crippen LogP contribution in [0.1, 0.15) is 49.4 Å². The van der Waals surface area contributed by atoms with E-state index in [1.54, 1.807) is 6.08 Å². The molecule has 0 saturated carbocycles. The molecule has 0 spiro atoms. The SMILES string of the molecule is CCCCCCC=CC(=O)c1ccccc1. The lowest BCUT2D eigenvalue weighted by atomic mass is 10.1. The number of ketones is 1. The second kappa shape index (κ2) is 7.86. The third kappa shape index (κ3) is 4.92. The van der Waals surface area contributed by atoms with Gasteiger partial charge in [0.1, 0.15) is 0 Å². The van der Waals surface area contributed by atoms with Gasteiger partial charge >= 0.3 is 0 Å². The predicted molar refractivity (Wildman–Crippen MR) is 68.7 cm³/mol. The smallest absolute Gasteiger partial charge is 0.185 e. The fourth-order valence-electron chi connectivity index (χ4n) is 1.58. The maximum absolute atomic E-state index is 11.6. The lowest BCUT2D eigenvalue weighted by Gasteiger charge is -1.95. The van der Waals surface area contributed by atoms with Gasteiger partial charge in [0, 0.05) is 5.56 Å². The number of unbranched alkanes of at least 4 members (excludes halogenated alkanes) is 4. The lowest BCUT2D eigenvalue weighted by Crippen LogP contribution is -1.92. The Morgan fingerprint density at radius 3 is 2.56 bits per heavy atom. The Morgan fingerprint density at radius 2 is 1.88 bits per heavy atom. The van der Waals surface area contributed by atoms with Crippen LogP contribution in [-0.4, -0.2) is 5.78 Å². The van der Waals surface area contributed by atoms with Crippen LogP contribution in [-0.2, 0) is 0 Å². The van der Waals surface area contributed by atoms with Gasteiger partial charge in [-0.2, -0.15) is 0 Å². The van der Waals surface area contributed by atoms with Crippen molar-refractivity contribution in [2.24, 2.45) is 0 Å². The minimum absolute atomic E-state index is 0.107. The van der Waals surface area contributed by atoms with E-state index in [2.05, 4.69) is 6.92 Å². The quantitative estimate of drug-likeness (QED) is 0.375. The third-order valence-electron chi connectivity index (χ3n) is 2.55. The van der Waals surface area contributed by atoms with Gasteiger partial charge in [-0.1, -0.05) is 62.6 Å². The van der Waals surface area contributed by atoms with Crippen molar-refractivity contribution in [1.29, 1.82) is 0 Å². The molecule has 0 unspecified atom stereocenters. The number of carbonyl (C=O) groups excluding carboxylic acids is 1. The molecule has 0 radical (unpaired) electrons. The number of hydrogen-bond acceptors (Lipinski definition) is 1. The highest BCUT2D eigenvalue weighted by Crippen LogP contribution is 2.05. The molecule has 0 fully saturated rings. The van der Waals surface area contributed by atoms with Crippen molar-refractivity contribution < 1.29 is 4.79 Å². The Balaban J connectivity index is 2.27. The van der Waals surface area contributed by atoms with Gasteiger partial charge in [0.15, 0.2) is 5.78 Å². The van der Waals surface area contributed by atoms with Gasteiger partial charge < -0.3 is 0 Å². The van der Waals surface area contributed by atoms with Gasteiger partial charge in [-0.05, 0) is 18.9 Å². The summed E-state index contributed by atoms with van der Waals surface area (Å²) in [7, 11) is 0. The zero-order chi connectivity index (χ0) is 11.6. The number of rotatable bonds is 7. The summed E-state index contributed by atoms with van der Waals surface area (Å²) in [6, 6.07) is 9.41. The Bertz CT molecular complexity index is 325. The molecule has 86 valence electrons. The molecule has 0 aliphatic rings. The van der Waals surface area contributed by atoms with E-state index in [4.69, 9.17) is 0 Å². The molecule has 0 bridgehead atoms. The molecular formula is C15H20O. The first-order valence-corrected chi connectivity index (χ1v) is 6.10. The van der Waals surface area contributed by atoms with E-state index in [1.165, 1.54) is 25.7 Å². The van der Waals surface area contributed by atoms with Gasteiger partial charge in [-0.3, -0.25) is 4.79 Å². The molecule has 1 nitrogen and oxygen atoms in total. The van der Waals surface area contributed by atoms with Crippen molar-refractivity contribution in [3.63, 3.8) is 0 Å². The summed E-state index contributed by atoms with van der Waals surface area (Å²) in [5.74, 6) is 0.107. The number of allylic oxidation sites excluding steroid dienone is 2. The molecule has 1 aromatic carbocycles. The first-order valence-electron chi connectivity index (χ1n) is 6.10. The summed E-state index contributed by atoms with van der Waals surface area (Å²) < 4.78 is 0. The first kappa shape index (κ1) is 12.7. The fourth-order valence-corrected chi connectivity index (χ4v) is 1.58. The van der Waals surface area contributed by atoms with Crippen LogP contribution in [0.25, 0.3) is 0 Å². The van der Waals surface area contributed by atoms with Crippen LogP contribution in [0.5, 0.6) is 0 Å². The Labute approximate surface area is 98.2 Å². The molecular weight excluding hydrogens is 196 g/mol. The molecule has 1 heteroatoms. The number of benzene rings is 1. The average molecular weight is 216 g/mol. The van der Waals surface area contributed by atoms with Crippen molar-refractivity contribution in [2.75, 3.05) is 0 Å². The number of carbonyl (C=O) groups is 1. The van der Waals surface area contributed by atoms with Crippen LogP contribution >= 0.6 is 0 Å². The van der Waals surface area contributed by atoms with Gasteiger partial charge in [0.05, 0.1) is 0 Å². The molecule has 0 amide bonds. The van der Waals surface area contributed by atoms with Crippen LogP contribution in [0.4, 0.5) is 0 Å². The van der Waals surface area contributed by atoms with Gasteiger partial charge in [0.25, 0.3) is 0 Å². The number of hydrogen-bond donors (Lipinski definition) is 0. The van der Waals surface area contributed by atoms with Crippen molar-refractivity contribution in [2.45, 2.75) is 39.0 Å². The predicted octanol–water partition coefficient (Wildman–Crippen LogP) is 4.40. The molecule has 0 aromatic heterocycles. The normalized spacial score (nSPS) is 10.8. The van der Waals surface area contributed by atoms with E-state index < -0.39 is 0 Å². The van der Waals surface area contributed by atoms with Crippen LogP contribution < -0.4 is 0 Å². The zero-order valence-corrected chi connectivity index (χ0v) is 9.99. The molecule has 0 aliphatic carbocycles. The first-order chi connectivity index (χ1) is 7.84. The zero-order valence-electron chi connectivity index (χ0n) is 9.99. The summed E-state index contributed by atoms with van der Waals surface area (Å²) >= 11 is 0. The second-order valence-electron chi connectivity index (χ2n) is 3.98. The highest BCUT2D eigenvalue weighted by molar-refractivity contribution is 6.04. The molecule has 16 heavy (non-hydrogen) atoms. The summed E-state index contributed by atoms with van der Waals surface area (Å²) in [5, 5.41) is 0. The monoisotopic (exact) mass is 216 g/mol. The Hall–Kier alpha value is -1.37. The van der Waals surface area contributed by atoms with Crippen molar-refractivity contribution in [3.05, 3.63) is 48.0 Å². The molecule has 0 aliphatic heterocycles. The van der Waals surface area contributed by atoms with E-state index in [1.807, 2.05) is 36.4 Å². The Morgan fingerprint density at radius 1 is 1.12 bits per heavy atom. The lowest BCUT2D eigenvalue weighted by molar-refractivity contribution is 0.104. The standard InChI is InChI=1S/C15H20O/c1-2-3-4-5-6-10-13-15(16)14-11-8-7-9-12-14/h7-13H,2-6H2,1H3. The van der Waals surface area contributed by atoms with E-state index in [9.17, 15) is 4.79 Å². The Kier molecular flexibility index (Phi) is 6.24. The topological polar surface area (TPSA) is 17.1 Å². The summed E-state index contributed by atoms with van der Waals surface area (Å²) in [5.41, 5.74) is 0.771. The van der Waals surface area contributed by atoms with Gasteiger partial charge in [0.2, 0.25) is 0 Å². The molecule has 0 saturated heterocycles. The summed E-state index contributed by atoms with van der Waals surface area (Å²) in [6.07, 6.45) is 9.70. The molecule has 1 aromatic rings. The summed E-state index contributed by atoms with van der Waals surface area (Å²) in [4.78, 5) is 11.6. The van der Waals surface area contributed by atoms with E-state index in [0.717, 1.165) is 12.0 Å². The van der Waals surface area contributed by atoms with Gasteiger partial charge in [-0.15, -0.1) is 0 Å². The summed E-state index contributed by atoms with van der Waals surface area (Å²) in [6.45, 7) is 2.20. The highest BCUT2D eigenvalue weighted by Gasteiger charge is 1.98. The van der Waals surface area contributed by atoms with Crippen LogP contribution in [0.3, 0.4) is 0 Å². The maximum Gasteiger partial charge on any atom is 0.185 e. The van der Waals surface area contributed by atoms with E-state index in [0.29, 0.717) is 0 Å². The molecule has 0 atom stereocenters. The van der Waals surface area contributed by atoms with Crippen molar-refractivity contribution >= 4 is 5.78 Å². The minimum atomic E-state index is 0.107. The largest absolute Gasteiger partial charge is 0.289 e. The van der Waals surface area contributed by atoms with Crippen LogP contribution in [0, 0.1) is 0 Å². The van der Waals surface area contributed by atoms with Crippen molar-refractivity contribution in [3.8, 4) is 0 Å². The molecule has 1 rings (SSSR count).